The minimum Gasteiger partial charge on any atom is -0.494 e. The Hall–Kier alpha value is -3.86. The number of aromatic nitrogens is 4. The summed E-state index contributed by atoms with van der Waals surface area (Å²) < 4.78 is 46.8. The number of aryl methyl sites for hydroxylation is 3. The van der Waals surface area contributed by atoms with Gasteiger partial charge in [0.25, 0.3) is 0 Å². The normalized spacial score (nSPS) is 11.4. The maximum Gasteiger partial charge on any atom is 0.243 e. The van der Waals surface area contributed by atoms with Crippen LogP contribution in [0.1, 0.15) is 17.0 Å². The highest BCUT2D eigenvalue weighted by Gasteiger charge is 2.26. The Labute approximate surface area is 197 Å². The molecule has 0 aliphatic heterocycles. The highest BCUT2D eigenvalue weighted by atomic mass is 32.2. The topological polar surface area (TPSA) is 121 Å². The van der Waals surface area contributed by atoms with Gasteiger partial charge in [-0.1, -0.05) is 12.1 Å². The number of para-hydroxylation sites is 1. The SMILES string of the molecule is COc1cccc(OC)c1-n1c(NS(=O)(=O)CCc2ccc(C)cn2)nnc1-c1ccc(C)o1. The van der Waals surface area contributed by atoms with E-state index in [1.165, 1.54) is 18.8 Å². The highest BCUT2D eigenvalue weighted by Crippen LogP contribution is 2.38. The summed E-state index contributed by atoms with van der Waals surface area (Å²) in [4.78, 5) is 4.27. The minimum absolute atomic E-state index is 0.0243. The van der Waals surface area contributed by atoms with Crippen molar-refractivity contribution in [2.45, 2.75) is 20.3 Å². The van der Waals surface area contributed by atoms with Crippen LogP contribution in [0.4, 0.5) is 5.95 Å². The van der Waals surface area contributed by atoms with Gasteiger partial charge in [0, 0.05) is 18.3 Å². The van der Waals surface area contributed by atoms with Crippen molar-refractivity contribution in [2.24, 2.45) is 0 Å². The van der Waals surface area contributed by atoms with Crippen LogP contribution in [0.15, 0.2) is 53.1 Å². The Balaban J connectivity index is 1.75. The molecule has 0 aliphatic rings. The van der Waals surface area contributed by atoms with E-state index in [9.17, 15) is 8.42 Å². The summed E-state index contributed by atoms with van der Waals surface area (Å²) in [6.45, 7) is 3.72. The van der Waals surface area contributed by atoms with Crippen LogP contribution in [-0.4, -0.2) is 48.1 Å². The van der Waals surface area contributed by atoms with Gasteiger partial charge in [0.2, 0.25) is 21.8 Å². The lowest BCUT2D eigenvalue weighted by Gasteiger charge is -2.17. The molecule has 0 spiro atoms. The van der Waals surface area contributed by atoms with Gasteiger partial charge in [0.15, 0.2) is 5.76 Å². The number of sulfonamides is 1. The molecule has 4 rings (SSSR count). The van der Waals surface area contributed by atoms with Crippen molar-refractivity contribution in [3.8, 4) is 28.8 Å². The van der Waals surface area contributed by atoms with Gasteiger partial charge in [-0.2, -0.15) is 0 Å². The molecule has 0 bridgehead atoms. The molecule has 0 aliphatic carbocycles. The van der Waals surface area contributed by atoms with Crippen LogP contribution in [0.2, 0.25) is 0 Å². The van der Waals surface area contributed by atoms with Crippen LogP contribution in [0.3, 0.4) is 0 Å². The number of hydrogen-bond acceptors (Lipinski definition) is 8. The van der Waals surface area contributed by atoms with Gasteiger partial charge in [0.05, 0.1) is 20.0 Å². The maximum atomic E-state index is 13.0. The monoisotopic (exact) mass is 483 g/mol. The third-order valence-corrected chi connectivity index (χ3v) is 6.33. The molecule has 3 heterocycles. The van der Waals surface area contributed by atoms with Crippen molar-refractivity contribution in [3.63, 3.8) is 0 Å². The summed E-state index contributed by atoms with van der Waals surface area (Å²) in [6.07, 6.45) is 1.95. The zero-order chi connectivity index (χ0) is 24.3. The molecule has 178 valence electrons. The highest BCUT2D eigenvalue weighted by molar-refractivity contribution is 7.92. The number of furan rings is 1. The molecular weight excluding hydrogens is 458 g/mol. The molecule has 0 fully saturated rings. The molecule has 0 amide bonds. The Morgan fingerprint density at radius 2 is 1.74 bits per heavy atom. The van der Waals surface area contributed by atoms with Crippen molar-refractivity contribution in [1.29, 1.82) is 0 Å². The first-order valence-electron chi connectivity index (χ1n) is 10.5. The van der Waals surface area contributed by atoms with Crippen LogP contribution in [0.25, 0.3) is 17.3 Å². The maximum absolute atomic E-state index is 13.0. The van der Waals surface area contributed by atoms with Gasteiger partial charge < -0.3 is 13.9 Å². The lowest BCUT2D eigenvalue weighted by Crippen LogP contribution is -2.21. The Bertz CT molecular complexity index is 1370. The van der Waals surface area contributed by atoms with Crippen molar-refractivity contribution >= 4 is 16.0 Å². The molecule has 0 saturated carbocycles. The zero-order valence-corrected chi connectivity index (χ0v) is 20.1. The summed E-state index contributed by atoms with van der Waals surface area (Å²) in [5.74, 6) is 2.03. The van der Waals surface area contributed by atoms with Gasteiger partial charge in [-0.05, 0) is 49.7 Å². The molecule has 10 nitrogen and oxygen atoms in total. The van der Waals surface area contributed by atoms with Crippen LogP contribution in [-0.2, 0) is 16.4 Å². The van der Waals surface area contributed by atoms with Crippen molar-refractivity contribution in [1.82, 2.24) is 19.7 Å². The summed E-state index contributed by atoms with van der Waals surface area (Å²) in [6, 6.07) is 12.5. The third kappa shape index (κ3) is 4.88. The Morgan fingerprint density at radius 1 is 1.00 bits per heavy atom. The van der Waals surface area contributed by atoms with Gasteiger partial charge in [-0.15, -0.1) is 10.2 Å². The van der Waals surface area contributed by atoms with Crippen LogP contribution < -0.4 is 14.2 Å². The van der Waals surface area contributed by atoms with Gasteiger partial charge in [-0.3, -0.25) is 14.3 Å². The molecule has 11 heteroatoms. The van der Waals surface area contributed by atoms with E-state index in [1.54, 1.807) is 43.5 Å². The van der Waals surface area contributed by atoms with E-state index in [0.717, 1.165) is 5.56 Å². The van der Waals surface area contributed by atoms with E-state index in [0.29, 0.717) is 34.4 Å². The van der Waals surface area contributed by atoms with Crippen molar-refractivity contribution < 1.29 is 22.3 Å². The van der Waals surface area contributed by atoms with E-state index in [4.69, 9.17) is 13.9 Å². The number of methoxy groups -OCH3 is 2. The first kappa shape index (κ1) is 23.3. The molecule has 0 radical (unpaired) electrons. The number of ether oxygens (including phenoxy) is 2. The van der Waals surface area contributed by atoms with E-state index in [-0.39, 0.29) is 23.9 Å². The number of anilines is 1. The summed E-state index contributed by atoms with van der Waals surface area (Å²) in [5, 5.41) is 8.32. The second kappa shape index (κ2) is 9.56. The first-order chi connectivity index (χ1) is 16.3. The molecular formula is C23H25N5O5S. The van der Waals surface area contributed by atoms with Crippen molar-refractivity contribution in [2.75, 3.05) is 24.7 Å². The molecule has 1 N–H and O–H groups in total. The molecule has 34 heavy (non-hydrogen) atoms. The standard InChI is InChI=1S/C23H25N5O5S/c1-15-8-10-17(24-14-15)12-13-34(29,30)27-23-26-25-22(20-11-9-16(2)33-20)28(23)21-18(31-3)6-5-7-19(21)32-4/h5-11,14H,12-13H2,1-4H3,(H,26,27). The van der Waals surface area contributed by atoms with E-state index in [1.807, 2.05) is 19.1 Å². The van der Waals surface area contributed by atoms with Crippen LogP contribution in [0, 0.1) is 13.8 Å². The fraction of sp³-hybridized carbons (Fsp3) is 0.261. The smallest absolute Gasteiger partial charge is 0.243 e. The predicted molar refractivity (Wildman–Crippen MR) is 127 cm³/mol. The quantitative estimate of drug-likeness (QED) is 0.384. The summed E-state index contributed by atoms with van der Waals surface area (Å²) in [7, 11) is -0.778. The third-order valence-electron chi connectivity index (χ3n) is 5.10. The zero-order valence-electron chi connectivity index (χ0n) is 19.3. The van der Waals surface area contributed by atoms with Crippen molar-refractivity contribution in [3.05, 3.63) is 65.7 Å². The van der Waals surface area contributed by atoms with Crippen LogP contribution >= 0.6 is 0 Å². The Kier molecular flexibility index (Phi) is 6.55. The number of nitrogens with one attached hydrogen (secondary N) is 1. The number of hydrogen-bond donors (Lipinski definition) is 1. The molecule has 4 aromatic rings. The van der Waals surface area contributed by atoms with Gasteiger partial charge >= 0.3 is 0 Å². The van der Waals surface area contributed by atoms with Crippen LogP contribution in [0.5, 0.6) is 11.5 Å². The predicted octanol–water partition coefficient (Wildman–Crippen LogP) is 3.54. The number of benzene rings is 1. The molecule has 0 atom stereocenters. The summed E-state index contributed by atoms with van der Waals surface area (Å²) >= 11 is 0. The van der Waals surface area contributed by atoms with Gasteiger partial charge in [-0.25, -0.2) is 8.42 Å². The molecule has 0 unspecified atom stereocenters. The molecule has 0 saturated heterocycles. The number of pyridine rings is 1. The number of nitrogens with zero attached hydrogens (tertiary/aromatic N) is 4. The number of rotatable bonds is 9. The van der Waals surface area contributed by atoms with E-state index >= 15 is 0 Å². The molecule has 1 aromatic carbocycles. The second-order valence-electron chi connectivity index (χ2n) is 7.60. The first-order valence-corrected chi connectivity index (χ1v) is 12.1. The van der Waals surface area contributed by atoms with Gasteiger partial charge in [0.1, 0.15) is 22.9 Å². The van der Waals surface area contributed by atoms with E-state index in [2.05, 4.69) is 19.9 Å². The lowest BCUT2D eigenvalue weighted by molar-refractivity contribution is 0.391. The Morgan fingerprint density at radius 3 is 2.32 bits per heavy atom. The lowest BCUT2D eigenvalue weighted by atomic mass is 10.2. The fourth-order valence-electron chi connectivity index (χ4n) is 3.40. The van der Waals surface area contributed by atoms with E-state index < -0.39 is 10.0 Å². The second-order valence-corrected chi connectivity index (χ2v) is 9.44. The minimum atomic E-state index is -3.80. The summed E-state index contributed by atoms with van der Waals surface area (Å²) in [5.41, 5.74) is 2.11. The average Bonchev–Trinajstić information content (AvgIpc) is 3.43. The fourth-order valence-corrected chi connectivity index (χ4v) is 4.39. The average molecular weight is 484 g/mol. The largest absolute Gasteiger partial charge is 0.494 e. The molecule has 3 aromatic heterocycles.